The van der Waals surface area contributed by atoms with Gasteiger partial charge in [-0.1, -0.05) is 36.4 Å². The molecule has 1 atom stereocenters. The fourth-order valence-corrected chi connectivity index (χ4v) is 6.99. The third-order valence-corrected chi connectivity index (χ3v) is 9.39. The summed E-state index contributed by atoms with van der Waals surface area (Å²) in [5, 5.41) is 0.609. The van der Waals surface area contributed by atoms with Crippen LogP contribution in [-0.4, -0.2) is 30.2 Å². The van der Waals surface area contributed by atoms with Crippen LogP contribution in [0.3, 0.4) is 0 Å². The van der Waals surface area contributed by atoms with Gasteiger partial charge in [0.05, 0.1) is 4.90 Å². The first-order chi connectivity index (χ1) is 13.9. The van der Waals surface area contributed by atoms with Gasteiger partial charge in [-0.15, -0.1) is 11.3 Å². The Labute approximate surface area is 172 Å². The molecule has 0 fully saturated rings. The van der Waals surface area contributed by atoms with E-state index in [0.717, 1.165) is 11.3 Å². The first kappa shape index (κ1) is 19.9. The largest absolute Gasteiger partial charge is 0.454 e. The van der Waals surface area contributed by atoms with Gasteiger partial charge in [0.15, 0.2) is 21.3 Å². The van der Waals surface area contributed by atoms with Gasteiger partial charge < -0.3 is 9.47 Å². The van der Waals surface area contributed by atoms with Gasteiger partial charge in [0.2, 0.25) is 16.8 Å². The standard InChI is InChI=1S/C19H17NO6S3/c21-28(22,19-7-4-10-27-19)18(14-5-2-1-3-6-14)12-20-29(23,24)15-8-9-16-17(11-15)26-13-25-16/h1-11,18,20H,12-13H2/t18-/m0/s1. The van der Waals surface area contributed by atoms with Crippen molar-refractivity contribution >= 4 is 31.2 Å². The number of sulfonamides is 1. The highest BCUT2D eigenvalue weighted by atomic mass is 32.2. The molecule has 1 aromatic heterocycles. The number of thiophene rings is 1. The number of sulfone groups is 1. The zero-order valence-corrected chi connectivity index (χ0v) is 17.5. The number of rotatable bonds is 7. The molecule has 0 amide bonds. The first-order valence-corrected chi connectivity index (χ1v) is 12.5. The molecule has 2 aromatic carbocycles. The second-order valence-electron chi connectivity index (χ2n) is 6.24. The third-order valence-electron chi connectivity index (χ3n) is 4.43. The molecule has 0 bridgehead atoms. The molecule has 2 heterocycles. The second-order valence-corrected chi connectivity index (χ2v) is 11.3. The van der Waals surface area contributed by atoms with Crippen LogP contribution in [0.15, 0.2) is 75.1 Å². The monoisotopic (exact) mass is 451 g/mol. The van der Waals surface area contributed by atoms with Gasteiger partial charge in [0.25, 0.3) is 0 Å². The molecule has 152 valence electrons. The van der Waals surface area contributed by atoms with Gasteiger partial charge in [-0.2, -0.15) is 0 Å². The Hall–Kier alpha value is -2.40. The van der Waals surface area contributed by atoms with E-state index >= 15 is 0 Å². The summed E-state index contributed by atoms with van der Waals surface area (Å²) < 4.78 is 64.9. The van der Waals surface area contributed by atoms with Crippen molar-refractivity contribution in [1.29, 1.82) is 0 Å². The van der Waals surface area contributed by atoms with E-state index in [1.54, 1.807) is 41.8 Å². The molecule has 1 N–H and O–H groups in total. The maximum Gasteiger partial charge on any atom is 0.240 e. The summed E-state index contributed by atoms with van der Waals surface area (Å²) in [6.45, 7) is -0.275. The average molecular weight is 452 g/mol. The van der Waals surface area contributed by atoms with E-state index in [-0.39, 0.29) is 22.4 Å². The Bertz CT molecular complexity index is 1210. The van der Waals surface area contributed by atoms with Crippen molar-refractivity contribution in [2.75, 3.05) is 13.3 Å². The average Bonchev–Trinajstić information content (AvgIpc) is 3.40. The van der Waals surface area contributed by atoms with Gasteiger partial charge in [-0.05, 0) is 29.1 Å². The molecule has 29 heavy (non-hydrogen) atoms. The Morgan fingerprint density at radius 1 is 0.931 bits per heavy atom. The summed E-state index contributed by atoms with van der Waals surface area (Å²) in [6.07, 6.45) is 0. The maximum atomic E-state index is 13.1. The molecule has 4 rings (SSSR count). The highest BCUT2D eigenvalue weighted by molar-refractivity contribution is 7.93. The molecule has 0 saturated heterocycles. The van der Waals surface area contributed by atoms with E-state index in [9.17, 15) is 16.8 Å². The number of benzene rings is 2. The van der Waals surface area contributed by atoms with Gasteiger partial charge in [-0.25, -0.2) is 21.6 Å². The maximum absolute atomic E-state index is 13.1. The number of ether oxygens (including phenoxy) is 2. The van der Waals surface area contributed by atoms with E-state index < -0.39 is 25.1 Å². The molecule has 0 spiro atoms. The summed E-state index contributed by atoms with van der Waals surface area (Å²) in [4.78, 5) is -0.0258. The third kappa shape index (κ3) is 4.01. The van der Waals surface area contributed by atoms with Crippen LogP contribution in [0, 0.1) is 0 Å². The van der Waals surface area contributed by atoms with Crippen LogP contribution in [-0.2, 0) is 19.9 Å². The van der Waals surface area contributed by atoms with Crippen LogP contribution >= 0.6 is 11.3 Å². The molecule has 0 radical (unpaired) electrons. The SMILES string of the molecule is O=S(=O)(NC[C@@H](c1ccccc1)S(=O)(=O)c1cccs1)c1ccc2c(c1)OCO2. The quantitative estimate of drug-likeness (QED) is 0.593. The van der Waals surface area contributed by atoms with Crippen molar-refractivity contribution < 1.29 is 26.3 Å². The molecule has 10 heteroatoms. The lowest BCUT2D eigenvalue weighted by Gasteiger charge is -2.18. The van der Waals surface area contributed by atoms with Crippen molar-refractivity contribution in [3.63, 3.8) is 0 Å². The van der Waals surface area contributed by atoms with E-state index in [2.05, 4.69) is 4.72 Å². The van der Waals surface area contributed by atoms with Gasteiger partial charge in [0.1, 0.15) is 9.46 Å². The minimum Gasteiger partial charge on any atom is -0.454 e. The fraction of sp³-hybridized carbons (Fsp3) is 0.158. The van der Waals surface area contributed by atoms with Crippen LogP contribution in [0.25, 0.3) is 0 Å². The van der Waals surface area contributed by atoms with Crippen molar-refractivity contribution in [3.05, 3.63) is 71.6 Å². The predicted octanol–water partition coefficient (Wildman–Crippen LogP) is 2.97. The minimum atomic E-state index is -3.96. The summed E-state index contributed by atoms with van der Waals surface area (Å²) in [5.74, 6) is 0.796. The fourth-order valence-electron chi connectivity index (χ4n) is 2.95. The molecule has 0 unspecified atom stereocenters. The molecule has 0 aliphatic carbocycles. The van der Waals surface area contributed by atoms with Crippen molar-refractivity contribution in [3.8, 4) is 11.5 Å². The van der Waals surface area contributed by atoms with E-state index in [0.29, 0.717) is 17.1 Å². The molecule has 1 aliphatic rings. The van der Waals surface area contributed by atoms with Crippen LogP contribution in [0.1, 0.15) is 10.8 Å². The Morgan fingerprint density at radius 3 is 2.41 bits per heavy atom. The Morgan fingerprint density at radius 2 is 1.69 bits per heavy atom. The molecular formula is C19H17NO6S3. The van der Waals surface area contributed by atoms with E-state index in [1.165, 1.54) is 24.3 Å². The lowest BCUT2D eigenvalue weighted by Crippen LogP contribution is -2.31. The summed E-state index contributed by atoms with van der Waals surface area (Å²) >= 11 is 1.10. The molecular weight excluding hydrogens is 434 g/mol. The van der Waals surface area contributed by atoms with Crippen LogP contribution in [0.4, 0.5) is 0 Å². The van der Waals surface area contributed by atoms with Crippen molar-refractivity contribution in [2.45, 2.75) is 14.4 Å². The van der Waals surface area contributed by atoms with Crippen LogP contribution < -0.4 is 14.2 Å². The van der Waals surface area contributed by atoms with Gasteiger partial charge in [0, 0.05) is 12.6 Å². The second kappa shape index (κ2) is 7.79. The van der Waals surface area contributed by atoms with Gasteiger partial charge >= 0.3 is 0 Å². The van der Waals surface area contributed by atoms with Crippen LogP contribution in [0.5, 0.6) is 11.5 Å². The number of fused-ring (bicyclic) bond motifs is 1. The molecule has 0 saturated carbocycles. The number of hydrogen-bond donors (Lipinski definition) is 1. The Kier molecular flexibility index (Phi) is 5.34. The summed E-state index contributed by atoms with van der Waals surface area (Å²) in [5.41, 5.74) is 0.509. The smallest absolute Gasteiger partial charge is 0.240 e. The first-order valence-electron chi connectivity index (χ1n) is 8.59. The van der Waals surface area contributed by atoms with E-state index in [1.807, 2.05) is 0 Å². The Balaban J connectivity index is 1.63. The van der Waals surface area contributed by atoms with Crippen LogP contribution in [0.2, 0.25) is 0 Å². The minimum absolute atomic E-state index is 0.0258. The van der Waals surface area contributed by atoms with Gasteiger partial charge in [-0.3, -0.25) is 0 Å². The van der Waals surface area contributed by atoms with Crippen molar-refractivity contribution in [2.24, 2.45) is 0 Å². The zero-order chi connectivity index (χ0) is 20.5. The van der Waals surface area contributed by atoms with Crippen molar-refractivity contribution in [1.82, 2.24) is 4.72 Å². The lowest BCUT2D eigenvalue weighted by molar-refractivity contribution is 0.174. The summed E-state index contributed by atoms with van der Waals surface area (Å²) in [7, 11) is -7.74. The topological polar surface area (TPSA) is 98.8 Å². The normalized spacial score (nSPS) is 14.6. The zero-order valence-electron chi connectivity index (χ0n) is 15.0. The molecule has 1 aliphatic heterocycles. The number of nitrogens with one attached hydrogen (secondary N) is 1. The predicted molar refractivity (Wildman–Crippen MR) is 108 cm³/mol. The highest BCUT2D eigenvalue weighted by Gasteiger charge is 2.31. The molecule has 3 aromatic rings. The lowest BCUT2D eigenvalue weighted by atomic mass is 10.1. The van der Waals surface area contributed by atoms with E-state index in [4.69, 9.17) is 9.47 Å². The summed E-state index contributed by atoms with van der Waals surface area (Å²) in [6, 6.07) is 16.0. The highest BCUT2D eigenvalue weighted by Crippen LogP contribution is 2.34. The molecule has 7 nitrogen and oxygen atoms in total. The number of hydrogen-bond acceptors (Lipinski definition) is 7.